The molecule has 1 aliphatic carbocycles. The third-order valence-electron chi connectivity index (χ3n) is 4.63. The van der Waals surface area contributed by atoms with Gasteiger partial charge in [0.2, 0.25) is 5.91 Å². The molecule has 1 aliphatic rings. The van der Waals surface area contributed by atoms with Crippen LogP contribution < -0.4 is 5.56 Å². The van der Waals surface area contributed by atoms with Crippen molar-refractivity contribution in [3.63, 3.8) is 0 Å². The summed E-state index contributed by atoms with van der Waals surface area (Å²) in [4.78, 5) is 38.2. The monoisotopic (exact) mass is 348 g/mol. The summed E-state index contributed by atoms with van der Waals surface area (Å²) in [6.45, 7) is 0.568. The summed E-state index contributed by atoms with van der Waals surface area (Å²) in [5.41, 5.74) is 2.66. The second kappa shape index (κ2) is 7.07. The molecule has 4 rings (SSSR count). The molecular weight excluding hydrogens is 328 g/mol. The van der Waals surface area contributed by atoms with Gasteiger partial charge >= 0.3 is 0 Å². The van der Waals surface area contributed by atoms with Crippen molar-refractivity contribution in [3.05, 3.63) is 70.4 Å². The van der Waals surface area contributed by atoms with E-state index in [0.717, 1.165) is 23.9 Å². The largest absolute Gasteiger partial charge is 0.335 e. The first kappa shape index (κ1) is 16.4. The highest BCUT2D eigenvalue weighted by Crippen LogP contribution is 2.29. The van der Waals surface area contributed by atoms with Crippen molar-refractivity contribution in [3.8, 4) is 0 Å². The van der Waals surface area contributed by atoms with E-state index >= 15 is 0 Å². The average molecular weight is 348 g/mol. The van der Waals surface area contributed by atoms with Crippen LogP contribution in [0.2, 0.25) is 0 Å². The van der Waals surface area contributed by atoms with E-state index in [2.05, 4.69) is 15.0 Å². The minimum absolute atomic E-state index is 0.0608. The predicted octanol–water partition coefficient (Wildman–Crippen LogP) is 2.44. The van der Waals surface area contributed by atoms with E-state index in [4.69, 9.17) is 0 Å². The molecule has 0 atom stereocenters. The second-order valence-corrected chi connectivity index (χ2v) is 6.64. The van der Waals surface area contributed by atoms with Crippen LogP contribution in [0.3, 0.4) is 0 Å². The summed E-state index contributed by atoms with van der Waals surface area (Å²) in [6, 6.07) is 11.6. The lowest BCUT2D eigenvalue weighted by molar-refractivity contribution is -0.132. The molecule has 1 aromatic carbocycles. The molecule has 0 aliphatic heterocycles. The Morgan fingerprint density at radius 3 is 2.81 bits per heavy atom. The standard InChI is InChI=1S/C20H20N4O2/c25-19(24(15-7-8-15)13-14-4-3-11-21-12-14)10-9-18-20(26)23-17-6-2-1-5-16(17)22-18/h1-6,11-12,15H,7-10,13H2,(H,23,26). The van der Waals surface area contributed by atoms with Crippen molar-refractivity contribution in [2.75, 3.05) is 0 Å². The van der Waals surface area contributed by atoms with E-state index in [1.54, 1.807) is 12.4 Å². The Morgan fingerprint density at radius 2 is 2.04 bits per heavy atom. The number of para-hydroxylation sites is 2. The average Bonchev–Trinajstić information content (AvgIpc) is 3.50. The molecule has 0 radical (unpaired) electrons. The third kappa shape index (κ3) is 3.64. The lowest BCUT2D eigenvalue weighted by Gasteiger charge is -2.22. The maximum atomic E-state index is 12.7. The lowest BCUT2D eigenvalue weighted by atomic mass is 10.2. The SMILES string of the molecule is O=C(CCc1nc2ccccc2[nH]c1=O)N(Cc1cccnc1)C1CC1. The maximum Gasteiger partial charge on any atom is 0.270 e. The fourth-order valence-electron chi connectivity index (χ4n) is 3.10. The van der Waals surface area contributed by atoms with Crippen molar-refractivity contribution in [2.45, 2.75) is 38.3 Å². The summed E-state index contributed by atoms with van der Waals surface area (Å²) in [6.07, 6.45) is 6.23. The molecule has 0 unspecified atom stereocenters. The number of hydrogen-bond donors (Lipinski definition) is 1. The molecule has 2 heterocycles. The van der Waals surface area contributed by atoms with Crippen molar-refractivity contribution in [2.24, 2.45) is 0 Å². The number of hydrogen-bond acceptors (Lipinski definition) is 4. The molecule has 2 aromatic heterocycles. The van der Waals surface area contributed by atoms with Crippen LogP contribution in [0.4, 0.5) is 0 Å². The van der Waals surface area contributed by atoms with Gasteiger partial charge in [-0.15, -0.1) is 0 Å². The van der Waals surface area contributed by atoms with Gasteiger partial charge in [0.25, 0.3) is 5.56 Å². The Hall–Kier alpha value is -3.02. The third-order valence-corrected chi connectivity index (χ3v) is 4.63. The molecule has 0 spiro atoms. The smallest absolute Gasteiger partial charge is 0.270 e. The van der Waals surface area contributed by atoms with E-state index in [1.807, 2.05) is 41.3 Å². The molecule has 0 bridgehead atoms. The molecular formula is C20H20N4O2. The number of aryl methyl sites for hydroxylation is 1. The number of carbonyl (C=O) groups excluding carboxylic acids is 1. The molecule has 1 amide bonds. The zero-order valence-electron chi connectivity index (χ0n) is 14.4. The second-order valence-electron chi connectivity index (χ2n) is 6.64. The molecule has 1 fully saturated rings. The van der Waals surface area contributed by atoms with Gasteiger partial charge in [0.15, 0.2) is 0 Å². The zero-order valence-corrected chi connectivity index (χ0v) is 14.4. The number of H-pyrrole nitrogens is 1. The predicted molar refractivity (Wildman–Crippen MR) is 98.5 cm³/mol. The number of amides is 1. The highest BCUT2D eigenvalue weighted by molar-refractivity contribution is 5.77. The summed E-state index contributed by atoms with van der Waals surface area (Å²) in [7, 11) is 0. The van der Waals surface area contributed by atoms with Crippen molar-refractivity contribution < 1.29 is 4.79 Å². The van der Waals surface area contributed by atoms with E-state index in [1.165, 1.54) is 0 Å². The molecule has 1 N–H and O–H groups in total. The van der Waals surface area contributed by atoms with E-state index < -0.39 is 0 Å². The van der Waals surface area contributed by atoms with Crippen LogP contribution in [-0.2, 0) is 17.8 Å². The van der Waals surface area contributed by atoms with Gasteiger partial charge in [-0.05, 0) is 36.6 Å². The topological polar surface area (TPSA) is 79.0 Å². The molecule has 6 heteroatoms. The number of nitrogens with zero attached hydrogens (tertiary/aromatic N) is 3. The van der Waals surface area contributed by atoms with Gasteiger partial charge in [0, 0.05) is 37.8 Å². The normalized spacial score (nSPS) is 13.7. The van der Waals surface area contributed by atoms with Gasteiger partial charge < -0.3 is 9.88 Å². The van der Waals surface area contributed by atoms with Crippen LogP contribution in [-0.4, -0.2) is 31.8 Å². The van der Waals surface area contributed by atoms with Crippen molar-refractivity contribution in [1.29, 1.82) is 0 Å². The first-order chi connectivity index (χ1) is 12.7. The Morgan fingerprint density at radius 1 is 1.19 bits per heavy atom. The van der Waals surface area contributed by atoms with Gasteiger partial charge in [-0.3, -0.25) is 14.6 Å². The Kier molecular flexibility index (Phi) is 4.48. The van der Waals surface area contributed by atoms with Crippen LogP contribution >= 0.6 is 0 Å². The molecule has 26 heavy (non-hydrogen) atoms. The van der Waals surface area contributed by atoms with Gasteiger partial charge in [-0.1, -0.05) is 18.2 Å². The number of aromatic nitrogens is 3. The highest BCUT2D eigenvalue weighted by Gasteiger charge is 2.32. The number of pyridine rings is 1. The lowest BCUT2D eigenvalue weighted by Crippen LogP contribution is -2.33. The quantitative estimate of drug-likeness (QED) is 0.742. The summed E-state index contributed by atoms with van der Waals surface area (Å²) in [5.74, 6) is 0.0608. The van der Waals surface area contributed by atoms with Crippen molar-refractivity contribution in [1.82, 2.24) is 19.9 Å². The Labute approximate surface area is 150 Å². The highest BCUT2D eigenvalue weighted by atomic mass is 16.2. The van der Waals surface area contributed by atoms with E-state index in [-0.39, 0.29) is 17.9 Å². The summed E-state index contributed by atoms with van der Waals surface area (Å²) in [5, 5.41) is 0. The van der Waals surface area contributed by atoms with Crippen molar-refractivity contribution >= 4 is 16.9 Å². The summed E-state index contributed by atoms with van der Waals surface area (Å²) < 4.78 is 0. The van der Waals surface area contributed by atoms with Crippen LogP contribution in [0.15, 0.2) is 53.6 Å². The molecule has 3 aromatic rings. The van der Waals surface area contributed by atoms with Gasteiger partial charge in [-0.25, -0.2) is 4.98 Å². The van der Waals surface area contributed by atoms with Crippen LogP contribution in [0.5, 0.6) is 0 Å². The fraction of sp³-hybridized carbons (Fsp3) is 0.300. The van der Waals surface area contributed by atoms with Crippen LogP contribution in [0, 0.1) is 0 Å². The minimum atomic E-state index is -0.221. The Balaban J connectivity index is 1.47. The van der Waals surface area contributed by atoms with E-state index in [0.29, 0.717) is 30.2 Å². The van der Waals surface area contributed by atoms with Gasteiger partial charge in [0.1, 0.15) is 5.69 Å². The number of carbonyl (C=O) groups is 1. The number of benzene rings is 1. The maximum absolute atomic E-state index is 12.7. The number of aromatic amines is 1. The number of fused-ring (bicyclic) bond motifs is 1. The minimum Gasteiger partial charge on any atom is -0.335 e. The number of rotatable bonds is 6. The molecule has 132 valence electrons. The van der Waals surface area contributed by atoms with E-state index in [9.17, 15) is 9.59 Å². The van der Waals surface area contributed by atoms with Crippen LogP contribution in [0.25, 0.3) is 11.0 Å². The molecule has 1 saturated carbocycles. The molecule has 0 saturated heterocycles. The first-order valence-corrected chi connectivity index (χ1v) is 8.87. The van der Waals surface area contributed by atoms with Crippen LogP contribution in [0.1, 0.15) is 30.5 Å². The van der Waals surface area contributed by atoms with Gasteiger partial charge in [0.05, 0.1) is 11.0 Å². The fourth-order valence-corrected chi connectivity index (χ4v) is 3.10. The molecule has 6 nitrogen and oxygen atoms in total. The zero-order chi connectivity index (χ0) is 17.9. The summed E-state index contributed by atoms with van der Waals surface area (Å²) >= 11 is 0. The number of nitrogens with one attached hydrogen (secondary N) is 1. The first-order valence-electron chi connectivity index (χ1n) is 8.87. The Bertz CT molecular complexity index is 980. The van der Waals surface area contributed by atoms with Gasteiger partial charge in [-0.2, -0.15) is 0 Å².